The van der Waals surface area contributed by atoms with Gasteiger partial charge in [0.2, 0.25) is 0 Å². The molecule has 1 aromatic rings. The zero-order valence-corrected chi connectivity index (χ0v) is 10.7. The van der Waals surface area contributed by atoms with E-state index >= 15 is 0 Å². The summed E-state index contributed by atoms with van der Waals surface area (Å²) >= 11 is 0. The Bertz CT molecular complexity index is 453. The van der Waals surface area contributed by atoms with Gasteiger partial charge in [-0.2, -0.15) is 5.26 Å². The van der Waals surface area contributed by atoms with Crippen molar-refractivity contribution < 1.29 is 9.21 Å². The minimum absolute atomic E-state index is 0.230. The highest BCUT2D eigenvalue weighted by Gasteiger charge is 2.40. The second-order valence-electron chi connectivity index (χ2n) is 4.79. The van der Waals surface area contributed by atoms with Crippen molar-refractivity contribution in [3.63, 3.8) is 0 Å². The number of likely N-dealkylation sites (tertiary alicyclic amines) is 1. The van der Waals surface area contributed by atoms with E-state index in [2.05, 4.69) is 11.0 Å². The van der Waals surface area contributed by atoms with Crippen LogP contribution in [0.15, 0.2) is 22.8 Å². The summed E-state index contributed by atoms with van der Waals surface area (Å²) in [6.07, 6.45) is 2.81. The maximum absolute atomic E-state index is 12.2. The van der Waals surface area contributed by atoms with Gasteiger partial charge in [0.05, 0.1) is 12.3 Å². The molecule has 0 aliphatic carbocycles. The fourth-order valence-electron chi connectivity index (χ4n) is 2.27. The Morgan fingerprint density at radius 3 is 2.72 bits per heavy atom. The normalized spacial score (nSPS) is 19.2. The minimum atomic E-state index is -0.712. The summed E-state index contributed by atoms with van der Waals surface area (Å²) in [4.78, 5) is 15.9. The molecule has 0 bridgehead atoms. The Morgan fingerprint density at radius 2 is 2.22 bits per heavy atom. The second kappa shape index (κ2) is 4.83. The van der Waals surface area contributed by atoms with Crippen LogP contribution >= 0.6 is 0 Å². The van der Waals surface area contributed by atoms with Crippen molar-refractivity contribution in [2.45, 2.75) is 18.4 Å². The molecule has 0 spiro atoms. The average Bonchev–Trinajstić information content (AvgIpc) is 2.92. The first-order valence-electron chi connectivity index (χ1n) is 6.00. The van der Waals surface area contributed by atoms with E-state index in [4.69, 9.17) is 4.42 Å². The highest BCUT2D eigenvalue weighted by molar-refractivity contribution is 5.92. The third-order valence-corrected chi connectivity index (χ3v) is 3.70. The molecule has 0 unspecified atom stereocenters. The van der Waals surface area contributed by atoms with Gasteiger partial charge < -0.3 is 14.2 Å². The maximum Gasteiger partial charge on any atom is 0.290 e. The molecular formula is C13H17N3O2. The van der Waals surface area contributed by atoms with Gasteiger partial charge in [-0.3, -0.25) is 4.79 Å². The number of hydrogen-bond acceptors (Lipinski definition) is 4. The van der Waals surface area contributed by atoms with Gasteiger partial charge in [-0.15, -0.1) is 0 Å². The van der Waals surface area contributed by atoms with Crippen LogP contribution in [0.5, 0.6) is 0 Å². The van der Waals surface area contributed by atoms with E-state index in [0.717, 1.165) is 13.1 Å². The molecule has 0 saturated carbocycles. The standard InChI is InChI=1S/C13H17N3O2/c1-15-7-5-13(10-14,6-8-15)16(2)12(17)11-4-3-9-18-11/h3-4,9H,5-8H2,1-2H3. The van der Waals surface area contributed by atoms with Crippen molar-refractivity contribution in [3.05, 3.63) is 24.2 Å². The SMILES string of the molecule is CN1CCC(C#N)(N(C)C(=O)c2ccco2)CC1. The Balaban J connectivity index is 2.18. The van der Waals surface area contributed by atoms with Crippen LogP contribution in [0.4, 0.5) is 0 Å². The molecule has 5 heteroatoms. The van der Waals surface area contributed by atoms with Gasteiger partial charge in [-0.1, -0.05) is 0 Å². The number of nitrogens with zero attached hydrogens (tertiary/aromatic N) is 3. The van der Waals surface area contributed by atoms with Crippen LogP contribution in [0.25, 0.3) is 0 Å². The number of amides is 1. The summed E-state index contributed by atoms with van der Waals surface area (Å²) in [6, 6.07) is 5.62. The fraction of sp³-hybridized carbons (Fsp3) is 0.538. The molecule has 5 nitrogen and oxygen atoms in total. The summed E-state index contributed by atoms with van der Waals surface area (Å²) in [5.74, 6) is 0.0529. The number of piperidine rings is 1. The van der Waals surface area contributed by atoms with Crippen molar-refractivity contribution >= 4 is 5.91 Å². The summed E-state index contributed by atoms with van der Waals surface area (Å²) in [5.41, 5.74) is -0.712. The van der Waals surface area contributed by atoms with E-state index in [9.17, 15) is 10.1 Å². The summed E-state index contributed by atoms with van der Waals surface area (Å²) in [6.45, 7) is 1.65. The Kier molecular flexibility index (Phi) is 3.39. The lowest BCUT2D eigenvalue weighted by Gasteiger charge is -2.41. The fourth-order valence-corrected chi connectivity index (χ4v) is 2.27. The van der Waals surface area contributed by atoms with E-state index in [1.165, 1.54) is 11.2 Å². The van der Waals surface area contributed by atoms with Gasteiger partial charge in [0, 0.05) is 20.1 Å². The van der Waals surface area contributed by atoms with E-state index in [-0.39, 0.29) is 11.7 Å². The van der Waals surface area contributed by atoms with Crippen LogP contribution in [-0.2, 0) is 0 Å². The lowest BCUT2D eigenvalue weighted by molar-refractivity contribution is 0.0491. The first-order valence-corrected chi connectivity index (χ1v) is 6.00. The molecule has 0 aromatic carbocycles. The zero-order chi connectivity index (χ0) is 13.2. The maximum atomic E-state index is 12.2. The molecule has 1 aliphatic rings. The zero-order valence-electron chi connectivity index (χ0n) is 10.7. The van der Waals surface area contributed by atoms with Crippen molar-refractivity contribution in [2.75, 3.05) is 27.2 Å². The minimum Gasteiger partial charge on any atom is -0.459 e. The second-order valence-corrected chi connectivity index (χ2v) is 4.79. The van der Waals surface area contributed by atoms with Crippen molar-refractivity contribution in [3.8, 4) is 6.07 Å². The highest BCUT2D eigenvalue weighted by Crippen LogP contribution is 2.28. The predicted molar refractivity (Wildman–Crippen MR) is 65.9 cm³/mol. The molecule has 1 aromatic heterocycles. The van der Waals surface area contributed by atoms with Gasteiger partial charge in [0.1, 0.15) is 5.54 Å². The number of hydrogen-bond donors (Lipinski definition) is 0. The summed E-state index contributed by atoms with van der Waals surface area (Å²) in [5, 5.41) is 9.45. The van der Waals surface area contributed by atoms with E-state index in [1.54, 1.807) is 19.2 Å². The highest BCUT2D eigenvalue weighted by atomic mass is 16.3. The number of furan rings is 1. The number of carbonyl (C=O) groups excluding carboxylic acids is 1. The van der Waals surface area contributed by atoms with Crippen molar-refractivity contribution in [2.24, 2.45) is 0 Å². The Morgan fingerprint density at radius 1 is 1.56 bits per heavy atom. The third-order valence-electron chi connectivity index (χ3n) is 3.70. The van der Waals surface area contributed by atoms with Gasteiger partial charge in [-0.05, 0) is 32.0 Å². The van der Waals surface area contributed by atoms with Gasteiger partial charge in [0.15, 0.2) is 5.76 Å². The van der Waals surface area contributed by atoms with Gasteiger partial charge in [0.25, 0.3) is 5.91 Å². The predicted octanol–water partition coefficient (Wildman–Crippen LogP) is 1.34. The van der Waals surface area contributed by atoms with Crippen molar-refractivity contribution in [1.82, 2.24) is 9.80 Å². The first-order chi connectivity index (χ1) is 8.59. The molecular weight excluding hydrogens is 230 g/mol. The molecule has 2 rings (SSSR count). The van der Waals surface area contributed by atoms with Crippen LogP contribution in [0, 0.1) is 11.3 Å². The molecule has 1 amide bonds. The number of carbonyl (C=O) groups is 1. The van der Waals surface area contributed by atoms with Crippen LogP contribution in [0.1, 0.15) is 23.4 Å². The third kappa shape index (κ3) is 2.12. The molecule has 1 fully saturated rings. The lowest BCUT2D eigenvalue weighted by atomic mass is 9.87. The van der Waals surface area contributed by atoms with Crippen LogP contribution in [0.2, 0.25) is 0 Å². The largest absolute Gasteiger partial charge is 0.459 e. The molecule has 0 N–H and O–H groups in total. The van der Waals surface area contributed by atoms with Crippen LogP contribution < -0.4 is 0 Å². The van der Waals surface area contributed by atoms with Crippen molar-refractivity contribution in [1.29, 1.82) is 5.26 Å². The molecule has 0 radical (unpaired) electrons. The molecule has 2 heterocycles. The van der Waals surface area contributed by atoms with E-state index in [1.807, 2.05) is 7.05 Å². The molecule has 96 valence electrons. The van der Waals surface area contributed by atoms with Crippen LogP contribution in [0.3, 0.4) is 0 Å². The lowest BCUT2D eigenvalue weighted by Crippen LogP contribution is -2.54. The van der Waals surface area contributed by atoms with Gasteiger partial charge >= 0.3 is 0 Å². The summed E-state index contributed by atoms with van der Waals surface area (Å²) < 4.78 is 5.11. The Hall–Kier alpha value is -1.80. The smallest absolute Gasteiger partial charge is 0.290 e. The monoisotopic (exact) mass is 247 g/mol. The quantitative estimate of drug-likeness (QED) is 0.791. The number of rotatable bonds is 2. The van der Waals surface area contributed by atoms with Gasteiger partial charge in [-0.25, -0.2) is 0 Å². The molecule has 1 saturated heterocycles. The molecule has 18 heavy (non-hydrogen) atoms. The first kappa shape index (κ1) is 12.7. The number of nitriles is 1. The Labute approximate surface area is 107 Å². The molecule has 1 aliphatic heterocycles. The van der Waals surface area contributed by atoms with E-state index in [0.29, 0.717) is 12.8 Å². The molecule has 0 atom stereocenters. The van der Waals surface area contributed by atoms with Crippen LogP contribution in [-0.4, -0.2) is 48.4 Å². The van der Waals surface area contributed by atoms with E-state index < -0.39 is 5.54 Å². The summed E-state index contributed by atoms with van der Waals surface area (Å²) in [7, 11) is 3.70. The average molecular weight is 247 g/mol. The topological polar surface area (TPSA) is 60.5 Å².